The summed E-state index contributed by atoms with van der Waals surface area (Å²) in [6, 6.07) is 7.59. The van der Waals surface area contributed by atoms with E-state index in [9.17, 15) is 14.4 Å². The number of carbonyl (C=O) groups excluding carboxylic acids is 1. The summed E-state index contributed by atoms with van der Waals surface area (Å²) in [5.41, 5.74) is 1.20. The molecule has 0 unspecified atom stereocenters. The number of rotatable bonds is 4. The van der Waals surface area contributed by atoms with Gasteiger partial charge in [-0.2, -0.15) is 0 Å². The van der Waals surface area contributed by atoms with Gasteiger partial charge in [0.05, 0.1) is 24.0 Å². The molecule has 0 atom stereocenters. The standard InChI is InChI=1S/C17H17N7O3/c1-23-15-14(16(26)24(2)17(23)27)21-11(22-15)7-13(25)18-8-12-19-9-5-3-4-6-10(9)20-12/h3-6H,7-8H2,1-2H3,(H,18,25)(H,19,20)(H,21,22). The third-order valence-electron chi connectivity index (χ3n) is 4.36. The molecule has 0 bridgehead atoms. The lowest BCUT2D eigenvalue weighted by Gasteiger charge is -2.01. The zero-order chi connectivity index (χ0) is 19.1. The molecule has 4 aromatic rings. The van der Waals surface area contributed by atoms with E-state index in [1.807, 2.05) is 24.3 Å². The maximum Gasteiger partial charge on any atom is 0.332 e. The summed E-state index contributed by atoms with van der Waals surface area (Å²) < 4.78 is 2.26. The number of amides is 1. The average molecular weight is 367 g/mol. The Morgan fingerprint density at radius 1 is 1.07 bits per heavy atom. The van der Waals surface area contributed by atoms with Crippen LogP contribution in [0.25, 0.3) is 22.2 Å². The molecule has 1 amide bonds. The lowest BCUT2D eigenvalue weighted by atomic mass is 10.3. The third kappa shape index (κ3) is 2.90. The summed E-state index contributed by atoms with van der Waals surface area (Å²) in [5.74, 6) is 0.673. The molecular weight excluding hydrogens is 350 g/mol. The summed E-state index contributed by atoms with van der Waals surface area (Å²) >= 11 is 0. The van der Waals surface area contributed by atoms with Gasteiger partial charge in [-0.25, -0.2) is 14.8 Å². The molecular formula is C17H17N7O3. The smallest absolute Gasteiger partial charge is 0.332 e. The second kappa shape index (κ2) is 6.24. The number of imidazole rings is 2. The highest BCUT2D eigenvalue weighted by atomic mass is 16.2. The fraction of sp³-hybridized carbons (Fsp3) is 0.235. The van der Waals surface area contributed by atoms with Gasteiger partial charge in [0.15, 0.2) is 5.65 Å². The first-order valence-electron chi connectivity index (χ1n) is 8.29. The fourth-order valence-electron chi connectivity index (χ4n) is 2.94. The van der Waals surface area contributed by atoms with Crippen LogP contribution in [-0.2, 0) is 31.9 Å². The molecule has 0 saturated carbocycles. The largest absolute Gasteiger partial charge is 0.348 e. The predicted octanol–water partition coefficient (Wildman–Crippen LogP) is -0.305. The van der Waals surface area contributed by atoms with E-state index in [0.717, 1.165) is 15.6 Å². The number of aromatic amines is 2. The van der Waals surface area contributed by atoms with Crippen molar-refractivity contribution in [2.24, 2.45) is 14.1 Å². The number of hydrogen-bond donors (Lipinski definition) is 3. The molecule has 138 valence electrons. The Kier molecular flexibility index (Phi) is 3.87. The van der Waals surface area contributed by atoms with Gasteiger partial charge in [0.25, 0.3) is 5.56 Å². The molecule has 0 aliphatic carbocycles. The second-order valence-corrected chi connectivity index (χ2v) is 6.24. The monoisotopic (exact) mass is 367 g/mol. The third-order valence-corrected chi connectivity index (χ3v) is 4.36. The van der Waals surface area contributed by atoms with Crippen molar-refractivity contribution in [1.82, 2.24) is 34.4 Å². The zero-order valence-corrected chi connectivity index (χ0v) is 14.7. The van der Waals surface area contributed by atoms with Gasteiger partial charge in [-0.1, -0.05) is 12.1 Å². The van der Waals surface area contributed by atoms with E-state index in [1.54, 1.807) is 0 Å². The van der Waals surface area contributed by atoms with Crippen LogP contribution >= 0.6 is 0 Å². The number of H-pyrrole nitrogens is 2. The zero-order valence-electron chi connectivity index (χ0n) is 14.7. The van der Waals surface area contributed by atoms with Gasteiger partial charge in [0.2, 0.25) is 5.91 Å². The van der Waals surface area contributed by atoms with Crippen LogP contribution in [-0.4, -0.2) is 35.0 Å². The molecule has 27 heavy (non-hydrogen) atoms. The summed E-state index contributed by atoms with van der Waals surface area (Å²) in [5, 5.41) is 2.76. The van der Waals surface area contributed by atoms with Crippen LogP contribution in [0.4, 0.5) is 0 Å². The number of benzene rings is 1. The van der Waals surface area contributed by atoms with Gasteiger partial charge in [0.1, 0.15) is 17.2 Å². The number of carbonyl (C=O) groups is 1. The van der Waals surface area contributed by atoms with Crippen molar-refractivity contribution in [1.29, 1.82) is 0 Å². The van der Waals surface area contributed by atoms with Crippen LogP contribution in [0.15, 0.2) is 33.9 Å². The van der Waals surface area contributed by atoms with Gasteiger partial charge in [-0.15, -0.1) is 0 Å². The van der Waals surface area contributed by atoms with Crippen LogP contribution in [0, 0.1) is 0 Å². The molecule has 0 aliphatic heterocycles. The first kappa shape index (κ1) is 16.8. The van der Waals surface area contributed by atoms with E-state index in [-0.39, 0.29) is 30.0 Å². The van der Waals surface area contributed by atoms with Gasteiger partial charge in [0, 0.05) is 14.1 Å². The number of hydrogen-bond acceptors (Lipinski definition) is 5. The molecule has 4 rings (SSSR count). The van der Waals surface area contributed by atoms with Crippen molar-refractivity contribution in [2.45, 2.75) is 13.0 Å². The summed E-state index contributed by atoms with van der Waals surface area (Å²) in [4.78, 5) is 50.9. The molecule has 0 fully saturated rings. The van der Waals surface area contributed by atoms with Crippen molar-refractivity contribution in [3.63, 3.8) is 0 Å². The molecule has 10 heteroatoms. The number of aryl methyl sites for hydroxylation is 1. The van der Waals surface area contributed by atoms with Crippen LogP contribution in [0.2, 0.25) is 0 Å². The van der Waals surface area contributed by atoms with Crippen molar-refractivity contribution < 1.29 is 4.79 Å². The van der Waals surface area contributed by atoms with Gasteiger partial charge >= 0.3 is 5.69 Å². The Balaban J connectivity index is 1.51. The number of fused-ring (bicyclic) bond motifs is 2. The lowest BCUT2D eigenvalue weighted by Crippen LogP contribution is -2.36. The Hall–Kier alpha value is -3.69. The van der Waals surface area contributed by atoms with Crippen LogP contribution in [0.5, 0.6) is 0 Å². The minimum atomic E-state index is -0.477. The van der Waals surface area contributed by atoms with Crippen LogP contribution in [0.3, 0.4) is 0 Å². The molecule has 3 aromatic heterocycles. The Bertz CT molecular complexity index is 1260. The molecule has 0 radical (unpaired) electrons. The summed E-state index contributed by atoms with van der Waals surface area (Å²) in [6.07, 6.45) is -0.0494. The van der Waals surface area contributed by atoms with Crippen LogP contribution < -0.4 is 16.6 Å². The maximum absolute atomic E-state index is 12.2. The Labute approximate surface area is 151 Å². The molecule has 0 aliphatic rings. The summed E-state index contributed by atoms with van der Waals surface area (Å²) in [6.45, 7) is 0.244. The lowest BCUT2D eigenvalue weighted by molar-refractivity contribution is -0.120. The van der Waals surface area contributed by atoms with Crippen molar-refractivity contribution in [3.05, 3.63) is 56.8 Å². The van der Waals surface area contributed by atoms with Crippen LogP contribution in [0.1, 0.15) is 11.6 Å². The summed E-state index contributed by atoms with van der Waals surface area (Å²) in [7, 11) is 2.92. The van der Waals surface area contributed by atoms with E-state index in [4.69, 9.17) is 0 Å². The predicted molar refractivity (Wildman–Crippen MR) is 98.2 cm³/mol. The van der Waals surface area contributed by atoms with E-state index in [1.165, 1.54) is 18.7 Å². The van der Waals surface area contributed by atoms with Crippen molar-refractivity contribution >= 4 is 28.1 Å². The molecule has 0 saturated heterocycles. The van der Waals surface area contributed by atoms with Crippen molar-refractivity contribution in [3.8, 4) is 0 Å². The van der Waals surface area contributed by atoms with Gasteiger partial charge < -0.3 is 15.3 Å². The second-order valence-electron chi connectivity index (χ2n) is 6.24. The van der Waals surface area contributed by atoms with Gasteiger partial charge in [-0.3, -0.25) is 18.7 Å². The Morgan fingerprint density at radius 3 is 2.63 bits per heavy atom. The first-order valence-corrected chi connectivity index (χ1v) is 8.29. The molecule has 3 heterocycles. The van der Waals surface area contributed by atoms with E-state index in [0.29, 0.717) is 11.6 Å². The number of nitrogens with zero attached hydrogens (tertiary/aromatic N) is 4. The normalized spacial score (nSPS) is 11.3. The minimum Gasteiger partial charge on any atom is -0.348 e. The topological polar surface area (TPSA) is 130 Å². The van der Waals surface area contributed by atoms with E-state index >= 15 is 0 Å². The minimum absolute atomic E-state index is 0.0494. The maximum atomic E-state index is 12.2. The highest BCUT2D eigenvalue weighted by molar-refractivity contribution is 5.79. The van der Waals surface area contributed by atoms with E-state index in [2.05, 4.69) is 25.3 Å². The van der Waals surface area contributed by atoms with E-state index < -0.39 is 11.2 Å². The molecule has 3 N–H and O–H groups in total. The SMILES string of the molecule is Cn1c(=O)c2[nH]c(CC(=O)NCc3nc4ccccc4[nH]3)nc2n(C)c1=O. The van der Waals surface area contributed by atoms with Crippen molar-refractivity contribution in [2.75, 3.05) is 0 Å². The molecule has 10 nitrogen and oxygen atoms in total. The van der Waals surface area contributed by atoms with Gasteiger partial charge in [-0.05, 0) is 12.1 Å². The average Bonchev–Trinajstić information content (AvgIpc) is 3.27. The number of nitrogens with one attached hydrogen (secondary N) is 3. The fourth-order valence-corrected chi connectivity index (χ4v) is 2.94. The first-order chi connectivity index (χ1) is 12.9. The Morgan fingerprint density at radius 2 is 1.85 bits per heavy atom. The number of para-hydroxylation sites is 2. The quantitative estimate of drug-likeness (QED) is 0.456. The highest BCUT2D eigenvalue weighted by Crippen LogP contribution is 2.10. The highest BCUT2D eigenvalue weighted by Gasteiger charge is 2.15. The molecule has 0 spiro atoms. The molecule has 1 aromatic carbocycles. The number of aromatic nitrogens is 6.